The molecule has 0 bridgehead atoms. The van der Waals surface area contributed by atoms with Crippen LogP contribution in [0.25, 0.3) is 11.4 Å². The van der Waals surface area contributed by atoms with E-state index in [1.807, 2.05) is 0 Å². The van der Waals surface area contributed by atoms with Gasteiger partial charge in [-0.05, 0) is 35.5 Å². The molecule has 142 valence electrons. The lowest BCUT2D eigenvalue weighted by molar-refractivity contribution is 0.301. The van der Waals surface area contributed by atoms with Gasteiger partial charge >= 0.3 is 0 Å². The van der Waals surface area contributed by atoms with Gasteiger partial charge in [0.2, 0.25) is 15.8 Å². The van der Waals surface area contributed by atoms with Gasteiger partial charge in [-0.25, -0.2) is 17.5 Å². The van der Waals surface area contributed by atoms with Crippen LogP contribution in [-0.2, 0) is 16.6 Å². The minimum atomic E-state index is -3.78. The Kier molecular flexibility index (Phi) is 5.75. The highest BCUT2D eigenvalue weighted by Gasteiger charge is 2.17. The van der Waals surface area contributed by atoms with Crippen LogP contribution >= 0.6 is 11.6 Å². The van der Waals surface area contributed by atoms with Crippen molar-refractivity contribution < 1.29 is 17.9 Å². The lowest BCUT2D eigenvalue weighted by atomic mass is 10.2. The van der Waals surface area contributed by atoms with E-state index in [-0.39, 0.29) is 35.4 Å². The molecule has 2 aromatic heterocycles. The lowest BCUT2D eigenvalue weighted by Gasteiger charge is -2.07. The summed E-state index contributed by atoms with van der Waals surface area (Å²) in [6.07, 6.45) is 1.09. The van der Waals surface area contributed by atoms with Gasteiger partial charge in [-0.1, -0.05) is 11.6 Å². The highest BCUT2D eigenvalue weighted by atomic mass is 35.5. The van der Waals surface area contributed by atoms with Crippen LogP contribution in [0.5, 0.6) is 0 Å². The quantitative estimate of drug-likeness (QED) is 0.589. The van der Waals surface area contributed by atoms with E-state index in [0.29, 0.717) is 11.3 Å². The SMILES string of the molecule is O=S(=O)(NCCO)c1ccc(-c2nnn(Cc3ccc(F)cn3)n2)c(Cl)c1. The molecule has 0 aliphatic rings. The van der Waals surface area contributed by atoms with Crippen LogP contribution in [-0.4, -0.2) is 51.9 Å². The zero-order chi connectivity index (χ0) is 19.4. The van der Waals surface area contributed by atoms with E-state index in [0.717, 1.165) is 6.20 Å². The second kappa shape index (κ2) is 8.05. The first-order valence-corrected chi connectivity index (χ1v) is 9.54. The molecular formula is C15H14ClFN6O3S. The Bertz CT molecular complexity index is 1040. The van der Waals surface area contributed by atoms with Crippen molar-refractivity contribution in [1.82, 2.24) is 29.9 Å². The Labute approximate surface area is 158 Å². The number of nitrogens with one attached hydrogen (secondary N) is 1. The molecule has 0 aliphatic heterocycles. The van der Waals surface area contributed by atoms with Crippen molar-refractivity contribution in [2.75, 3.05) is 13.2 Å². The van der Waals surface area contributed by atoms with Crippen molar-refractivity contribution in [3.05, 3.63) is 53.1 Å². The third kappa shape index (κ3) is 4.63. The van der Waals surface area contributed by atoms with Gasteiger partial charge in [0.05, 0.1) is 28.4 Å². The highest BCUT2D eigenvalue weighted by molar-refractivity contribution is 7.89. The minimum Gasteiger partial charge on any atom is -0.395 e. The molecule has 2 N–H and O–H groups in total. The van der Waals surface area contributed by atoms with Gasteiger partial charge in [-0.3, -0.25) is 4.98 Å². The minimum absolute atomic E-state index is 0.0485. The zero-order valence-electron chi connectivity index (χ0n) is 13.7. The molecule has 0 atom stereocenters. The Morgan fingerprint density at radius 1 is 1.26 bits per heavy atom. The fourth-order valence-electron chi connectivity index (χ4n) is 2.17. The Morgan fingerprint density at radius 3 is 2.74 bits per heavy atom. The van der Waals surface area contributed by atoms with E-state index in [2.05, 4.69) is 25.1 Å². The molecule has 0 amide bonds. The van der Waals surface area contributed by atoms with Gasteiger partial charge in [0, 0.05) is 12.1 Å². The molecule has 0 spiro atoms. The Hall–Kier alpha value is -2.47. The maximum Gasteiger partial charge on any atom is 0.240 e. The van der Waals surface area contributed by atoms with E-state index >= 15 is 0 Å². The van der Waals surface area contributed by atoms with Gasteiger partial charge in [-0.15, -0.1) is 10.2 Å². The number of nitrogens with zero attached hydrogens (tertiary/aromatic N) is 5. The third-order valence-electron chi connectivity index (χ3n) is 3.44. The number of tetrazole rings is 1. The number of halogens is 2. The van der Waals surface area contributed by atoms with Crippen molar-refractivity contribution in [3.63, 3.8) is 0 Å². The van der Waals surface area contributed by atoms with Crippen molar-refractivity contribution in [3.8, 4) is 11.4 Å². The zero-order valence-corrected chi connectivity index (χ0v) is 15.3. The summed E-state index contributed by atoms with van der Waals surface area (Å²) in [5.41, 5.74) is 0.943. The summed E-state index contributed by atoms with van der Waals surface area (Å²) in [4.78, 5) is 5.13. The van der Waals surface area contributed by atoms with E-state index in [4.69, 9.17) is 16.7 Å². The van der Waals surface area contributed by atoms with E-state index < -0.39 is 15.8 Å². The summed E-state index contributed by atoms with van der Waals surface area (Å²) < 4.78 is 39.2. The second-order valence-electron chi connectivity index (χ2n) is 5.37. The van der Waals surface area contributed by atoms with Crippen molar-refractivity contribution in [1.29, 1.82) is 0 Å². The highest BCUT2D eigenvalue weighted by Crippen LogP contribution is 2.27. The first-order valence-electron chi connectivity index (χ1n) is 7.68. The van der Waals surface area contributed by atoms with Crippen molar-refractivity contribution >= 4 is 21.6 Å². The topological polar surface area (TPSA) is 123 Å². The first kappa shape index (κ1) is 19.3. The summed E-state index contributed by atoms with van der Waals surface area (Å²) in [5, 5.41) is 20.8. The fourth-order valence-corrected chi connectivity index (χ4v) is 3.55. The largest absolute Gasteiger partial charge is 0.395 e. The predicted molar refractivity (Wildman–Crippen MR) is 93.8 cm³/mol. The van der Waals surface area contributed by atoms with Gasteiger partial charge < -0.3 is 5.11 Å². The number of aliphatic hydroxyl groups excluding tert-OH is 1. The van der Waals surface area contributed by atoms with E-state index in [9.17, 15) is 12.8 Å². The number of hydrogen-bond donors (Lipinski definition) is 2. The van der Waals surface area contributed by atoms with Crippen LogP contribution in [0.15, 0.2) is 41.4 Å². The van der Waals surface area contributed by atoms with Gasteiger partial charge in [0.15, 0.2) is 0 Å². The van der Waals surface area contributed by atoms with E-state index in [1.165, 1.54) is 35.1 Å². The number of aromatic nitrogens is 5. The number of hydrogen-bond acceptors (Lipinski definition) is 7. The molecule has 0 saturated carbocycles. The molecule has 0 fully saturated rings. The normalized spacial score (nSPS) is 11.7. The molecule has 1 aromatic carbocycles. The molecule has 0 aliphatic carbocycles. The average Bonchev–Trinajstić information content (AvgIpc) is 3.10. The summed E-state index contributed by atoms with van der Waals surface area (Å²) >= 11 is 6.18. The van der Waals surface area contributed by atoms with E-state index in [1.54, 1.807) is 0 Å². The van der Waals surface area contributed by atoms with Crippen molar-refractivity contribution in [2.24, 2.45) is 0 Å². The van der Waals surface area contributed by atoms with Gasteiger partial charge in [0.1, 0.15) is 12.4 Å². The van der Waals surface area contributed by atoms with Crippen molar-refractivity contribution in [2.45, 2.75) is 11.4 Å². The maximum absolute atomic E-state index is 12.9. The lowest BCUT2D eigenvalue weighted by Crippen LogP contribution is -2.26. The van der Waals surface area contributed by atoms with Gasteiger partial charge in [0.25, 0.3) is 0 Å². The molecule has 0 radical (unpaired) electrons. The molecule has 12 heteroatoms. The van der Waals surface area contributed by atoms with Crippen LogP contribution < -0.4 is 4.72 Å². The van der Waals surface area contributed by atoms with Crippen LogP contribution in [0.2, 0.25) is 5.02 Å². The molecular weight excluding hydrogens is 399 g/mol. The summed E-state index contributed by atoms with van der Waals surface area (Å²) in [6, 6.07) is 6.86. The maximum atomic E-state index is 12.9. The molecule has 9 nitrogen and oxygen atoms in total. The van der Waals surface area contributed by atoms with Crippen LogP contribution in [0.3, 0.4) is 0 Å². The van der Waals surface area contributed by atoms with Crippen LogP contribution in [0.1, 0.15) is 5.69 Å². The van der Waals surface area contributed by atoms with Crippen LogP contribution in [0, 0.1) is 5.82 Å². The number of aliphatic hydroxyl groups is 1. The molecule has 0 unspecified atom stereocenters. The fraction of sp³-hybridized carbons (Fsp3) is 0.200. The first-order chi connectivity index (χ1) is 12.9. The number of sulfonamides is 1. The predicted octanol–water partition coefficient (Wildman–Crippen LogP) is 0.846. The smallest absolute Gasteiger partial charge is 0.240 e. The summed E-state index contributed by atoms with van der Waals surface area (Å²) in [7, 11) is -3.78. The monoisotopic (exact) mass is 412 g/mol. The number of pyridine rings is 1. The summed E-state index contributed by atoms with van der Waals surface area (Å²) in [5.74, 6) is -0.240. The average molecular weight is 413 g/mol. The molecule has 0 saturated heterocycles. The number of rotatable bonds is 7. The Balaban J connectivity index is 1.81. The standard InChI is InChI=1S/C15H14ClFN6O3S/c16-14-7-12(27(25,26)19-5-6-24)3-4-13(14)15-20-22-23(21-15)9-11-2-1-10(17)8-18-11/h1-4,7-8,19,24H,5-6,9H2. The Morgan fingerprint density at radius 2 is 2.07 bits per heavy atom. The summed E-state index contributed by atoms with van der Waals surface area (Å²) in [6.45, 7) is -0.238. The second-order valence-corrected chi connectivity index (χ2v) is 7.55. The molecule has 3 aromatic rings. The molecule has 27 heavy (non-hydrogen) atoms. The molecule has 3 rings (SSSR count). The van der Waals surface area contributed by atoms with Gasteiger partial charge in [-0.2, -0.15) is 4.80 Å². The molecule has 2 heterocycles. The number of benzene rings is 1. The third-order valence-corrected chi connectivity index (χ3v) is 5.21. The van der Waals surface area contributed by atoms with Crippen LogP contribution in [0.4, 0.5) is 4.39 Å².